The van der Waals surface area contributed by atoms with E-state index in [9.17, 15) is 24.3 Å². The van der Waals surface area contributed by atoms with Gasteiger partial charge in [0.2, 0.25) is 5.91 Å². The standard InChI is InChI=1S/C28H36BN5O7/c1-16(2)13-23(29-34(4)21(27(38)40-29)14-30-15-22(34)28(39)41-29)32-26(37)24(17(3)35)33-25(36)20-12-8-11-19(31-20)18-9-6-5-7-10-18/h5-12,16-17,21-24,30,35H,13-15H2,1-4H3,(H,32,37)(H,33,36)/t17-,21+,22+,23+,24+,29?,34?/m1/s1. The van der Waals surface area contributed by atoms with E-state index in [0.29, 0.717) is 25.2 Å². The van der Waals surface area contributed by atoms with Crippen LogP contribution in [-0.4, -0.2) is 95.2 Å². The van der Waals surface area contributed by atoms with Gasteiger partial charge >= 0.3 is 18.6 Å². The van der Waals surface area contributed by atoms with Crippen LogP contribution in [0.4, 0.5) is 0 Å². The van der Waals surface area contributed by atoms with Crippen molar-refractivity contribution in [2.45, 2.75) is 57.4 Å². The molecule has 0 saturated carbocycles. The van der Waals surface area contributed by atoms with E-state index in [1.165, 1.54) is 13.0 Å². The molecule has 12 nitrogen and oxygen atoms in total. The van der Waals surface area contributed by atoms with Crippen LogP contribution in [0.25, 0.3) is 11.3 Å². The third kappa shape index (κ3) is 4.87. The van der Waals surface area contributed by atoms with Gasteiger partial charge < -0.3 is 34.8 Å². The Labute approximate surface area is 238 Å². The third-order valence-electron chi connectivity index (χ3n) is 8.57. The number of likely N-dealkylation sites (N-methyl/N-ethyl adjacent to an activating group) is 1. The molecule has 0 spiro atoms. The van der Waals surface area contributed by atoms with E-state index in [0.717, 1.165) is 5.56 Å². The summed E-state index contributed by atoms with van der Waals surface area (Å²) in [6.45, 7) is 3.22. The highest BCUT2D eigenvalue weighted by molar-refractivity contribution is 6.68. The molecular formula is C28H36BN5O7. The zero-order valence-corrected chi connectivity index (χ0v) is 23.6. The summed E-state index contributed by atoms with van der Waals surface area (Å²) in [6.07, 6.45) is -0.948. The summed E-state index contributed by atoms with van der Waals surface area (Å²) in [5.74, 6) is -3.20. The minimum atomic E-state index is -2.67. The minimum absolute atomic E-state index is 0.0195. The molecule has 0 bridgehead atoms. The van der Waals surface area contributed by atoms with Gasteiger partial charge in [0, 0.05) is 12.6 Å². The third-order valence-corrected chi connectivity index (χ3v) is 8.57. The van der Waals surface area contributed by atoms with Crippen LogP contribution in [0.15, 0.2) is 48.5 Å². The maximum absolute atomic E-state index is 13.7. The van der Waals surface area contributed by atoms with Gasteiger partial charge in [0.1, 0.15) is 11.7 Å². The Morgan fingerprint density at radius 1 is 1.02 bits per heavy atom. The quantitative estimate of drug-likeness (QED) is 0.311. The molecule has 218 valence electrons. The van der Waals surface area contributed by atoms with E-state index in [1.54, 1.807) is 19.2 Å². The highest BCUT2D eigenvalue weighted by atomic mass is 16.7. The lowest BCUT2D eigenvalue weighted by Crippen LogP contribution is -2.78. The Morgan fingerprint density at radius 2 is 1.66 bits per heavy atom. The van der Waals surface area contributed by atoms with Crippen molar-refractivity contribution in [2.24, 2.45) is 5.92 Å². The molecule has 2 aromatic rings. The van der Waals surface area contributed by atoms with Gasteiger partial charge in [-0.3, -0.25) is 9.59 Å². The second-order valence-electron chi connectivity index (χ2n) is 11.7. The van der Waals surface area contributed by atoms with Crippen molar-refractivity contribution < 1.29 is 38.0 Å². The van der Waals surface area contributed by atoms with Crippen molar-refractivity contribution in [1.29, 1.82) is 0 Å². The van der Waals surface area contributed by atoms with E-state index < -0.39 is 60.6 Å². The van der Waals surface area contributed by atoms with Crippen LogP contribution < -0.4 is 16.0 Å². The lowest BCUT2D eigenvalue weighted by Gasteiger charge is -2.52. The Kier molecular flexibility index (Phi) is 7.62. The number of nitrogens with one attached hydrogen (secondary N) is 3. The first-order valence-corrected chi connectivity index (χ1v) is 14.0. The Bertz CT molecular complexity index is 1330. The van der Waals surface area contributed by atoms with Crippen LogP contribution in [0, 0.1) is 5.92 Å². The topological polar surface area (TPSA) is 156 Å². The molecule has 1 aromatic carbocycles. The van der Waals surface area contributed by atoms with Crippen LogP contribution in [0.3, 0.4) is 0 Å². The van der Waals surface area contributed by atoms with Gasteiger partial charge in [-0.1, -0.05) is 50.2 Å². The molecule has 2 amide bonds. The second kappa shape index (κ2) is 10.9. The highest BCUT2D eigenvalue weighted by Crippen LogP contribution is 2.45. The van der Waals surface area contributed by atoms with Crippen molar-refractivity contribution in [3.8, 4) is 11.3 Å². The largest absolute Gasteiger partial charge is 0.606 e. The van der Waals surface area contributed by atoms with Gasteiger partial charge in [-0.2, -0.15) is 0 Å². The number of quaternary nitrogens is 1. The van der Waals surface area contributed by atoms with Crippen LogP contribution in [0.2, 0.25) is 0 Å². The molecule has 3 aliphatic rings. The fourth-order valence-electron chi connectivity index (χ4n) is 6.45. The molecule has 13 heteroatoms. The maximum Gasteiger partial charge on any atom is 0.606 e. The first kappa shape index (κ1) is 28.7. The zero-order chi connectivity index (χ0) is 29.5. The first-order chi connectivity index (χ1) is 19.5. The normalized spacial score (nSPS) is 28.7. The number of aromatic nitrogens is 1. The number of carbonyl (C=O) groups excluding carboxylic acids is 4. The number of pyridine rings is 1. The number of aliphatic hydroxyl groups is 1. The molecule has 0 radical (unpaired) electrons. The van der Waals surface area contributed by atoms with Crippen molar-refractivity contribution in [3.63, 3.8) is 0 Å². The van der Waals surface area contributed by atoms with Crippen LogP contribution in [0.1, 0.15) is 37.7 Å². The molecule has 1 aromatic heterocycles. The van der Waals surface area contributed by atoms with E-state index in [-0.39, 0.29) is 16.0 Å². The Hall–Kier alpha value is -3.81. The monoisotopic (exact) mass is 565 g/mol. The SMILES string of the molecule is CC(C)C[C@H](NC(=O)[C@@H](NC(=O)c1cccc(-c2ccccc2)n1)[C@@H](C)O)[B-]12OC(=O)[C@@H]3CNC[C@@H](C(=O)O1)[N+]32C. The number of nitrogens with zero attached hydrogens (tertiary/aromatic N) is 2. The fraction of sp³-hybridized carbons (Fsp3) is 0.464. The molecule has 0 unspecified atom stereocenters. The van der Waals surface area contributed by atoms with Crippen molar-refractivity contribution in [1.82, 2.24) is 20.9 Å². The number of rotatable bonds is 9. The van der Waals surface area contributed by atoms with Gasteiger partial charge in [0.15, 0.2) is 12.1 Å². The second-order valence-corrected chi connectivity index (χ2v) is 11.7. The van der Waals surface area contributed by atoms with Crippen molar-refractivity contribution in [2.75, 3.05) is 20.1 Å². The molecule has 4 N–H and O–H groups in total. The average Bonchev–Trinajstić information content (AvgIpc) is 3.31. The van der Waals surface area contributed by atoms with Gasteiger partial charge in [-0.05, 0) is 31.4 Å². The number of benzene rings is 1. The van der Waals surface area contributed by atoms with Crippen LogP contribution in [-0.2, 0) is 23.7 Å². The summed E-state index contributed by atoms with van der Waals surface area (Å²) in [4.78, 5) is 57.3. The molecular weight excluding hydrogens is 529 g/mol. The summed E-state index contributed by atoms with van der Waals surface area (Å²) in [7, 11) is 1.77. The van der Waals surface area contributed by atoms with E-state index in [4.69, 9.17) is 9.31 Å². The number of hydrogen-bond acceptors (Lipinski definition) is 9. The van der Waals surface area contributed by atoms with Crippen molar-refractivity contribution >= 4 is 30.4 Å². The molecule has 5 atom stereocenters. The summed E-state index contributed by atoms with van der Waals surface area (Å²) in [6, 6.07) is 11.6. The predicted octanol–water partition coefficient (Wildman–Crippen LogP) is 0.137. The molecule has 3 fully saturated rings. The molecule has 4 heterocycles. The van der Waals surface area contributed by atoms with E-state index >= 15 is 0 Å². The van der Waals surface area contributed by atoms with Gasteiger partial charge in [-0.25, -0.2) is 14.6 Å². The number of aliphatic hydroxyl groups excluding tert-OH is 1. The Morgan fingerprint density at radius 3 is 2.24 bits per heavy atom. The van der Waals surface area contributed by atoms with Gasteiger partial charge in [-0.15, -0.1) is 0 Å². The van der Waals surface area contributed by atoms with Crippen molar-refractivity contribution in [3.05, 3.63) is 54.2 Å². The van der Waals surface area contributed by atoms with Gasteiger partial charge in [0.25, 0.3) is 5.91 Å². The first-order valence-electron chi connectivity index (χ1n) is 14.0. The fourth-order valence-corrected chi connectivity index (χ4v) is 6.45. The molecule has 41 heavy (non-hydrogen) atoms. The van der Waals surface area contributed by atoms with E-state index in [2.05, 4.69) is 20.9 Å². The highest BCUT2D eigenvalue weighted by Gasteiger charge is 2.77. The number of carbonyl (C=O) groups is 4. The maximum atomic E-state index is 13.7. The summed E-state index contributed by atoms with van der Waals surface area (Å²) < 4.78 is 11.7. The van der Waals surface area contributed by atoms with Gasteiger partial charge in [0.05, 0.1) is 30.8 Å². The van der Waals surface area contributed by atoms with Crippen LogP contribution >= 0.6 is 0 Å². The molecule has 3 saturated heterocycles. The smallest absolute Gasteiger partial charge is 0.599 e. The lowest BCUT2D eigenvalue weighted by atomic mass is 9.56. The summed E-state index contributed by atoms with van der Waals surface area (Å²) in [5.41, 5.74) is 1.48. The Balaban J connectivity index is 1.40. The van der Waals surface area contributed by atoms with Crippen LogP contribution in [0.5, 0.6) is 0 Å². The average molecular weight is 565 g/mol. The number of amides is 2. The number of piperazine rings is 1. The summed E-state index contributed by atoms with van der Waals surface area (Å²) in [5, 5.41) is 19.1. The predicted molar refractivity (Wildman–Crippen MR) is 149 cm³/mol. The zero-order valence-electron chi connectivity index (χ0n) is 23.6. The summed E-state index contributed by atoms with van der Waals surface area (Å²) >= 11 is 0. The van der Waals surface area contributed by atoms with E-state index in [1.807, 2.05) is 44.2 Å². The molecule has 0 aliphatic carbocycles. The lowest BCUT2D eigenvalue weighted by molar-refractivity contribution is -0.846. The molecule has 5 rings (SSSR count). The minimum Gasteiger partial charge on any atom is -0.599 e. The number of hydrogen-bond donors (Lipinski definition) is 4. The molecule has 3 aliphatic heterocycles.